The quantitative estimate of drug-likeness (QED) is 0.237. The van der Waals surface area contributed by atoms with Crippen LogP contribution in [0.25, 0.3) is 22.0 Å². The number of carbonyl (C=O) groups is 1. The number of hydrogen-bond acceptors (Lipinski definition) is 4. The lowest BCUT2D eigenvalue weighted by molar-refractivity contribution is -0.192. The Bertz CT molecular complexity index is 1840. The Morgan fingerprint density at radius 3 is 2.02 bits per heavy atom. The van der Waals surface area contributed by atoms with Crippen molar-refractivity contribution in [2.75, 3.05) is 7.11 Å². The molecule has 0 saturated heterocycles. The third-order valence-electron chi connectivity index (χ3n) is 7.16. The number of alkyl halides is 3. The van der Waals surface area contributed by atoms with Gasteiger partial charge in [0, 0.05) is 37.7 Å². The first-order valence-electron chi connectivity index (χ1n) is 13.0. The number of aryl methyl sites for hydroxylation is 4. The van der Waals surface area contributed by atoms with Gasteiger partial charge in [-0.15, -0.1) is 0 Å². The van der Waals surface area contributed by atoms with Crippen molar-refractivity contribution in [1.82, 2.24) is 14.1 Å². The van der Waals surface area contributed by atoms with Crippen LogP contribution in [-0.4, -0.2) is 38.5 Å². The molecule has 7 nitrogen and oxygen atoms in total. The fraction of sp³-hybridized carbons (Fsp3) is 0.219. The van der Waals surface area contributed by atoms with E-state index in [1.54, 1.807) is 31.1 Å². The highest BCUT2D eigenvalue weighted by atomic mass is 35.5. The fourth-order valence-electron chi connectivity index (χ4n) is 5.23. The molecule has 0 spiro atoms. The molecule has 2 aromatic heterocycles. The molecule has 2 heterocycles. The van der Waals surface area contributed by atoms with Crippen LogP contribution in [0.4, 0.5) is 13.2 Å². The van der Waals surface area contributed by atoms with Crippen LogP contribution in [-0.2, 0) is 29.2 Å². The van der Waals surface area contributed by atoms with E-state index in [9.17, 15) is 18.0 Å². The lowest BCUT2D eigenvalue weighted by Gasteiger charge is -2.34. The second-order valence-corrected chi connectivity index (χ2v) is 10.6. The number of hydrogen-bond donors (Lipinski definition) is 1. The van der Waals surface area contributed by atoms with Crippen LogP contribution in [0, 0.1) is 13.8 Å². The van der Waals surface area contributed by atoms with Gasteiger partial charge in [-0.05, 0) is 60.4 Å². The van der Waals surface area contributed by atoms with Crippen molar-refractivity contribution >= 4 is 28.5 Å². The molecule has 1 atom stereocenters. The van der Waals surface area contributed by atoms with Gasteiger partial charge in [0.25, 0.3) is 5.56 Å². The number of pyridine rings is 1. The number of fused-ring (bicyclic) bond motifs is 1. The van der Waals surface area contributed by atoms with E-state index in [0.29, 0.717) is 5.02 Å². The number of methoxy groups -OCH3 is 1. The van der Waals surface area contributed by atoms with Gasteiger partial charge in [-0.2, -0.15) is 13.2 Å². The summed E-state index contributed by atoms with van der Waals surface area (Å²) in [5, 5.41) is 8.75. The number of imidazole rings is 1. The summed E-state index contributed by atoms with van der Waals surface area (Å²) < 4.78 is 41.8. The molecule has 224 valence electrons. The Morgan fingerprint density at radius 2 is 1.51 bits per heavy atom. The minimum atomic E-state index is -5.08. The zero-order chi connectivity index (χ0) is 31.7. The zero-order valence-electron chi connectivity index (χ0n) is 24.0. The minimum absolute atomic E-state index is 0.0493. The van der Waals surface area contributed by atoms with Crippen LogP contribution >= 0.6 is 11.6 Å². The SMILES string of the molecule is COC(c1ccc(Cl)cc1)(c1ccc2c(c1)c(-c1cc(C)cc(C)c1)cc(=O)n2C)c1cncn1C.O=C(O)C(F)(F)F. The van der Waals surface area contributed by atoms with Crippen molar-refractivity contribution in [3.8, 4) is 11.1 Å². The molecule has 0 fully saturated rings. The smallest absolute Gasteiger partial charge is 0.475 e. The Labute approximate surface area is 250 Å². The standard InChI is InChI=1S/C30H28ClN3O2.C2HF3O2/c1-19-12-20(2)14-21(13-19)25-16-29(35)34(4)27-11-8-23(15-26(25)27)30(36-5,28-17-32-18-33(28)3)22-6-9-24(31)10-7-22;3-2(4,5)1(6)7/h6-18H,1-5H3;(H,6,7). The summed E-state index contributed by atoms with van der Waals surface area (Å²) >= 11 is 6.24. The van der Waals surface area contributed by atoms with Crippen molar-refractivity contribution in [3.05, 3.63) is 123 Å². The number of nitrogens with zero attached hydrogens (tertiary/aromatic N) is 3. The maximum absolute atomic E-state index is 12.9. The van der Waals surface area contributed by atoms with Gasteiger partial charge >= 0.3 is 12.1 Å². The van der Waals surface area contributed by atoms with Crippen molar-refractivity contribution in [3.63, 3.8) is 0 Å². The molecule has 5 aromatic rings. The molecular weight excluding hydrogens is 583 g/mol. The van der Waals surface area contributed by atoms with E-state index in [2.05, 4.69) is 43.1 Å². The topological polar surface area (TPSA) is 86.4 Å². The van der Waals surface area contributed by atoms with Gasteiger partial charge in [0.2, 0.25) is 0 Å². The van der Waals surface area contributed by atoms with Gasteiger partial charge in [0.15, 0.2) is 5.60 Å². The van der Waals surface area contributed by atoms with Crippen molar-refractivity contribution in [1.29, 1.82) is 0 Å². The third kappa shape index (κ3) is 6.21. The van der Waals surface area contributed by atoms with E-state index in [1.165, 1.54) is 0 Å². The second kappa shape index (κ2) is 12.1. The van der Waals surface area contributed by atoms with E-state index in [1.807, 2.05) is 54.2 Å². The van der Waals surface area contributed by atoms with E-state index >= 15 is 0 Å². The molecule has 3 aromatic carbocycles. The first-order valence-corrected chi connectivity index (χ1v) is 13.4. The van der Waals surface area contributed by atoms with Gasteiger partial charge in [0.1, 0.15) is 0 Å². The number of carboxylic acids is 1. The Hall–Kier alpha value is -4.41. The molecule has 0 saturated carbocycles. The molecule has 1 N–H and O–H groups in total. The summed E-state index contributed by atoms with van der Waals surface area (Å²) in [5.74, 6) is -2.76. The van der Waals surface area contributed by atoms with Gasteiger partial charge in [-0.3, -0.25) is 4.79 Å². The van der Waals surface area contributed by atoms with E-state index < -0.39 is 17.7 Å². The molecule has 0 amide bonds. The summed E-state index contributed by atoms with van der Waals surface area (Å²) in [4.78, 5) is 26.2. The average Bonchev–Trinajstić information content (AvgIpc) is 3.37. The molecular formula is C32H29ClF3N3O4. The monoisotopic (exact) mass is 611 g/mol. The molecule has 11 heteroatoms. The van der Waals surface area contributed by atoms with Gasteiger partial charge in [-0.1, -0.05) is 59.1 Å². The molecule has 0 bridgehead atoms. The van der Waals surface area contributed by atoms with Gasteiger partial charge < -0.3 is 19.0 Å². The molecule has 0 aliphatic carbocycles. The third-order valence-corrected chi connectivity index (χ3v) is 7.41. The van der Waals surface area contributed by atoms with Crippen LogP contribution < -0.4 is 5.56 Å². The Morgan fingerprint density at radius 1 is 0.930 bits per heavy atom. The van der Waals surface area contributed by atoms with Gasteiger partial charge in [0.05, 0.1) is 23.7 Å². The van der Waals surface area contributed by atoms with Crippen LogP contribution in [0.3, 0.4) is 0 Å². The van der Waals surface area contributed by atoms with Crippen LogP contribution in [0.15, 0.2) is 84.0 Å². The fourth-order valence-corrected chi connectivity index (χ4v) is 5.36. The first-order chi connectivity index (χ1) is 20.2. The first kappa shape index (κ1) is 31.5. The number of rotatable bonds is 5. The highest BCUT2D eigenvalue weighted by molar-refractivity contribution is 6.30. The lowest BCUT2D eigenvalue weighted by atomic mass is 9.82. The predicted molar refractivity (Wildman–Crippen MR) is 159 cm³/mol. The highest BCUT2D eigenvalue weighted by Gasteiger charge is 2.40. The maximum Gasteiger partial charge on any atom is 0.490 e. The number of aromatic nitrogens is 3. The van der Waals surface area contributed by atoms with Crippen LogP contribution in [0.1, 0.15) is 27.9 Å². The summed E-state index contributed by atoms with van der Waals surface area (Å²) in [6, 6.07) is 22.0. The summed E-state index contributed by atoms with van der Waals surface area (Å²) in [5.41, 5.74) is 6.80. The van der Waals surface area contributed by atoms with Crippen LogP contribution in [0.2, 0.25) is 5.02 Å². The van der Waals surface area contributed by atoms with Crippen molar-refractivity contribution in [2.24, 2.45) is 14.1 Å². The summed E-state index contributed by atoms with van der Waals surface area (Å²) in [7, 11) is 5.47. The van der Waals surface area contributed by atoms with Crippen molar-refractivity contribution in [2.45, 2.75) is 25.6 Å². The Kier molecular flexibility index (Phi) is 8.84. The molecule has 43 heavy (non-hydrogen) atoms. The van der Waals surface area contributed by atoms with Gasteiger partial charge in [-0.25, -0.2) is 9.78 Å². The number of ether oxygens (including phenoxy) is 1. The van der Waals surface area contributed by atoms with Crippen molar-refractivity contribution < 1.29 is 27.8 Å². The summed E-state index contributed by atoms with van der Waals surface area (Å²) in [6.45, 7) is 4.15. The predicted octanol–water partition coefficient (Wildman–Crippen LogP) is 6.78. The van der Waals surface area contributed by atoms with E-state index in [4.69, 9.17) is 26.2 Å². The largest absolute Gasteiger partial charge is 0.490 e. The maximum atomic E-state index is 12.9. The minimum Gasteiger partial charge on any atom is -0.475 e. The highest BCUT2D eigenvalue weighted by Crippen LogP contribution is 2.42. The molecule has 1 unspecified atom stereocenters. The molecule has 5 rings (SSSR count). The second-order valence-electron chi connectivity index (χ2n) is 10.1. The number of carboxylic acid groups (broad SMARTS) is 1. The Balaban J connectivity index is 0.000000541. The van der Waals surface area contributed by atoms with Crippen LogP contribution in [0.5, 0.6) is 0 Å². The number of aliphatic carboxylic acids is 1. The normalized spacial score (nSPS) is 12.9. The number of halogens is 4. The summed E-state index contributed by atoms with van der Waals surface area (Å²) in [6.07, 6.45) is -1.49. The molecule has 0 radical (unpaired) electrons. The lowest BCUT2D eigenvalue weighted by Crippen LogP contribution is -2.33. The average molecular weight is 612 g/mol. The zero-order valence-corrected chi connectivity index (χ0v) is 24.8. The number of benzene rings is 3. The molecule has 0 aliphatic heterocycles. The van der Waals surface area contributed by atoms with E-state index in [0.717, 1.165) is 50.0 Å². The molecule has 0 aliphatic rings. The van der Waals surface area contributed by atoms with E-state index in [-0.39, 0.29) is 5.56 Å².